The molecule has 136 valence electrons. The average molecular weight is 383 g/mol. The quantitative estimate of drug-likeness (QED) is 0.832. The Morgan fingerprint density at radius 1 is 0.920 bits per heavy atom. The van der Waals surface area contributed by atoms with E-state index in [2.05, 4.69) is 4.72 Å². The number of rotatable bonds is 6. The van der Waals surface area contributed by atoms with Gasteiger partial charge in [-0.15, -0.1) is 0 Å². The summed E-state index contributed by atoms with van der Waals surface area (Å²) in [5.41, 5.74) is 1.91. The van der Waals surface area contributed by atoms with Crippen molar-refractivity contribution in [2.45, 2.75) is 30.1 Å². The van der Waals surface area contributed by atoms with Crippen molar-refractivity contribution in [3.63, 3.8) is 0 Å². The molecule has 0 amide bonds. The van der Waals surface area contributed by atoms with Crippen molar-refractivity contribution < 1.29 is 16.8 Å². The number of benzene rings is 2. The van der Waals surface area contributed by atoms with E-state index in [1.807, 2.05) is 6.92 Å². The highest BCUT2D eigenvalue weighted by Gasteiger charge is 2.20. The number of nitrogens with one attached hydrogen (secondary N) is 1. The summed E-state index contributed by atoms with van der Waals surface area (Å²) in [6.07, 6.45) is 0.817. The van der Waals surface area contributed by atoms with Crippen LogP contribution in [0.15, 0.2) is 52.3 Å². The summed E-state index contributed by atoms with van der Waals surface area (Å²) in [7, 11) is -4.60. The maximum Gasteiger partial charge on any atom is 0.261 e. The van der Waals surface area contributed by atoms with E-state index in [1.54, 1.807) is 25.1 Å². The molecule has 0 saturated carbocycles. The highest BCUT2D eigenvalue weighted by molar-refractivity contribution is 7.92. The SMILES string of the molecule is CCc1ccc(S(=O)(=O)Nc2cc(S(=O)(=O)N(C)C)ccc2C)cc1. The smallest absolute Gasteiger partial charge is 0.261 e. The maximum absolute atomic E-state index is 12.6. The second kappa shape index (κ2) is 7.15. The van der Waals surface area contributed by atoms with Gasteiger partial charge in [-0.3, -0.25) is 4.72 Å². The van der Waals surface area contributed by atoms with Crippen molar-refractivity contribution in [1.82, 2.24) is 4.31 Å². The minimum absolute atomic E-state index is 0.0298. The Morgan fingerprint density at radius 3 is 2.00 bits per heavy atom. The zero-order valence-corrected chi connectivity index (χ0v) is 16.3. The minimum atomic E-state index is -3.80. The van der Waals surface area contributed by atoms with Crippen molar-refractivity contribution in [3.05, 3.63) is 53.6 Å². The van der Waals surface area contributed by atoms with Crippen molar-refractivity contribution in [2.24, 2.45) is 0 Å². The molecule has 2 rings (SSSR count). The molecule has 0 atom stereocenters. The van der Waals surface area contributed by atoms with E-state index in [1.165, 1.54) is 38.4 Å². The predicted molar refractivity (Wildman–Crippen MR) is 98.7 cm³/mol. The van der Waals surface area contributed by atoms with Gasteiger partial charge in [0.2, 0.25) is 10.0 Å². The van der Waals surface area contributed by atoms with Crippen LogP contribution in [0.3, 0.4) is 0 Å². The monoisotopic (exact) mass is 382 g/mol. The van der Waals surface area contributed by atoms with E-state index < -0.39 is 20.0 Å². The molecule has 1 N–H and O–H groups in total. The molecule has 2 aromatic carbocycles. The van der Waals surface area contributed by atoms with Crippen LogP contribution in [0.5, 0.6) is 0 Å². The highest BCUT2D eigenvalue weighted by Crippen LogP contribution is 2.24. The van der Waals surface area contributed by atoms with Crippen LogP contribution in [-0.4, -0.2) is 35.2 Å². The van der Waals surface area contributed by atoms with E-state index in [0.717, 1.165) is 16.3 Å². The first-order valence-electron chi connectivity index (χ1n) is 7.73. The molecule has 0 aliphatic rings. The van der Waals surface area contributed by atoms with Gasteiger partial charge in [-0.2, -0.15) is 0 Å². The molecule has 2 aromatic rings. The molecule has 0 aromatic heterocycles. The summed E-state index contributed by atoms with van der Waals surface area (Å²) in [4.78, 5) is 0.159. The average Bonchev–Trinajstić information content (AvgIpc) is 2.56. The Morgan fingerprint density at radius 2 is 1.48 bits per heavy atom. The molecule has 0 saturated heterocycles. The van der Waals surface area contributed by atoms with Crippen LogP contribution in [0, 0.1) is 6.92 Å². The van der Waals surface area contributed by atoms with Crippen LogP contribution in [0.25, 0.3) is 0 Å². The molecule has 0 aliphatic heterocycles. The van der Waals surface area contributed by atoms with Gasteiger partial charge in [0, 0.05) is 14.1 Å². The van der Waals surface area contributed by atoms with Crippen LogP contribution in [0.1, 0.15) is 18.1 Å². The summed E-state index contributed by atoms with van der Waals surface area (Å²) in [6, 6.07) is 11.0. The maximum atomic E-state index is 12.6. The first kappa shape index (κ1) is 19.4. The normalized spacial score (nSPS) is 12.4. The highest BCUT2D eigenvalue weighted by atomic mass is 32.2. The zero-order valence-electron chi connectivity index (χ0n) is 14.6. The van der Waals surface area contributed by atoms with E-state index in [4.69, 9.17) is 0 Å². The van der Waals surface area contributed by atoms with Crippen LogP contribution in [0.4, 0.5) is 5.69 Å². The van der Waals surface area contributed by atoms with Gasteiger partial charge in [-0.25, -0.2) is 21.1 Å². The van der Waals surface area contributed by atoms with Crippen LogP contribution in [0.2, 0.25) is 0 Å². The molecule has 0 unspecified atom stereocenters. The van der Waals surface area contributed by atoms with Gasteiger partial charge in [0.05, 0.1) is 15.5 Å². The lowest BCUT2D eigenvalue weighted by atomic mass is 10.2. The summed E-state index contributed by atoms with van der Waals surface area (Å²) in [6.45, 7) is 3.70. The molecule has 0 heterocycles. The largest absolute Gasteiger partial charge is 0.279 e. The Balaban J connectivity index is 2.41. The van der Waals surface area contributed by atoms with Gasteiger partial charge >= 0.3 is 0 Å². The summed E-state index contributed by atoms with van der Waals surface area (Å²) >= 11 is 0. The number of sulfonamides is 2. The van der Waals surface area contributed by atoms with E-state index in [-0.39, 0.29) is 15.5 Å². The van der Waals surface area contributed by atoms with E-state index in [9.17, 15) is 16.8 Å². The Labute approximate surface area is 149 Å². The first-order valence-corrected chi connectivity index (χ1v) is 10.6. The molecule has 0 aliphatic carbocycles. The standard InChI is InChI=1S/C17H22N2O4S2/c1-5-14-7-10-15(11-8-14)24(20,21)18-17-12-16(9-6-13(17)2)25(22,23)19(3)4/h6-12,18H,5H2,1-4H3. The van der Waals surface area contributed by atoms with Gasteiger partial charge in [-0.05, 0) is 48.7 Å². The van der Waals surface area contributed by atoms with Crippen LogP contribution in [-0.2, 0) is 26.5 Å². The summed E-state index contributed by atoms with van der Waals surface area (Å²) in [5, 5.41) is 0. The topological polar surface area (TPSA) is 83.5 Å². The number of aryl methyl sites for hydroxylation is 2. The van der Waals surface area contributed by atoms with Gasteiger partial charge in [0.25, 0.3) is 10.0 Å². The molecular formula is C17H22N2O4S2. The Kier molecular flexibility index (Phi) is 5.55. The third-order valence-electron chi connectivity index (χ3n) is 3.87. The number of anilines is 1. The summed E-state index contributed by atoms with van der Waals surface area (Å²) in [5.74, 6) is 0. The van der Waals surface area contributed by atoms with Crippen LogP contribution < -0.4 is 4.72 Å². The number of nitrogens with zero attached hydrogens (tertiary/aromatic N) is 1. The third kappa shape index (κ3) is 4.20. The van der Waals surface area contributed by atoms with Crippen LogP contribution >= 0.6 is 0 Å². The van der Waals surface area contributed by atoms with Crippen molar-refractivity contribution >= 4 is 25.7 Å². The molecule has 25 heavy (non-hydrogen) atoms. The molecular weight excluding hydrogens is 360 g/mol. The van der Waals surface area contributed by atoms with E-state index in [0.29, 0.717) is 5.56 Å². The predicted octanol–water partition coefficient (Wildman–Crippen LogP) is 2.61. The Hall–Kier alpha value is -1.90. The number of hydrogen-bond acceptors (Lipinski definition) is 4. The van der Waals surface area contributed by atoms with Crippen molar-refractivity contribution in [3.8, 4) is 0 Å². The minimum Gasteiger partial charge on any atom is -0.279 e. The Bertz CT molecular complexity index is 964. The second-order valence-corrected chi connectivity index (χ2v) is 9.70. The van der Waals surface area contributed by atoms with Gasteiger partial charge < -0.3 is 0 Å². The second-order valence-electron chi connectivity index (χ2n) is 5.87. The lowest BCUT2D eigenvalue weighted by molar-refractivity contribution is 0.520. The fourth-order valence-corrected chi connectivity index (χ4v) is 4.24. The van der Waals surface area contributed by atoms with Gasteiger partial charge in [-0.1, -0.05) is 25.1 Å². The molecule has 6 nitrogen and oxygen atoms in total. The fraction of sp³-hybridized carbons (Fsp3) is 0.294. The molecule has 8 heteroatoms. The van der Waals surface area contributed by atoms with Gasteiger partial charge in [0.15, 0.2) is 0 Å². The van der Waals surface area contributed by atoms with E-state index >= 15 is 0 Å². The number of hydrogen-bond donors (Lipinski definition) is 1. The van der Waals surface area contributed by atoms with Crippen molar-refractivity contribution in [1.29, 1.82) is 0 Å². The first-order chi connectivity index (χ1) is 11.6. The molecule has 0 fully saturated rings. The lowest BCUT2D eigenvalue weighted by Crippen LogP contribution is -2.22. The van der Waals surface area contributed by atoms with Gasteiger partial charge in [0.1, 0.15) is 0 Å². The zero-order chi connectivity index (χ0) is 18.8. The molecule has 0 bridgehead atoms. The fourth-order valence-electron chi connectivity index (χ4n) is 2.19. The lowest BCUT2D eigenvalue weighted by Gasteiger charge is -2.15. The molecule has 0 radical (unpaired) electrons. The molecule has 0 spiro atoms. The third-order valence-corrected chi connectivity index (χ3v) is 7.07. The summed E-state index contributed by atoms with van der Waals surface area (Å²) < 4.78 is 53.2. The van der Waals surface area contributed by atoms with Crippen molar-refractivity contribution in [2.75, 3.05) is 18.8 Å².